The molecule has 0 aliphatic heterocycles. The lowest BCUT2D eigenvalue weighted by Gasteiger charge is -2.17. The average Bonchev–Trinajstić information content (AvgIpc) is 3.43. The first kappa shape index (κ1) is 19.9. The fourth-order valence-electron chi connectivity index (χ4n) is 3.11. The summed E-state index contributed by atoms with van der Waals surface area (Å²) in [6.45, 7) is 0.434. The number of benzene rings is 1. The molecule has 4 rings (SSSR count). The van der Waals surface area contributed by atoms with E-state index in [0.717, 1.165) is 31.4 Å². The Morgan fingerprint density at radius 1 is 1.24 bits per heavy atom. The van der Waals surface area contributed by atoms with Crippen LogP contribution in [-0.2, 0) is 0 Å². The third kappa shape index (κ3) is 4.22. The Balaban J connectivity index is 0.00000113. The van der Waals surface area contributed by atoms with Crippen molar-refractivity contribution in [3.63, 3.8) is 0 Å². The topological polar surface area (TPSA) is 68.0 Å². The maximum Gasteiger partial charge on any atom is 0.252 e. The lowest BCUT2D eigenvalue weighted by Crippen LogP contribution is -2.41. The van der Waals surface area contributed by atoms with Gasteiger partial charge in [-0.3, -0.25) is 9.78 Å². The molecule has 0 saturated heterocycles. The summed E-state index contributed by atoms with van der Waals surface area (Å²) >= 11 is 0. The number of halogens is 3. The number of nitrogens with one attached hydrogen (secondary N) is 1. The summed E-state index contributed by atoms with van der Waals surface area (Å²) in [6, 6.07) is 6.26. The van der Waals surface area contributed by atoms with E-state index in [9.17, 15) is 9.18 Å². The molecule has 0 radical (unpaired) electrons. The maximum absolute atomic E-state index is 13.6. The molecule has 2 aliphatic carbocycles. The highest BCUT2D eigenvalue weighted by Crippen LogP contribution is 2.40. The van der Waals surface area contributed by atoms with Crippen molar-refractivity contribution in [2.45, 2.75) is 37.6 Å². The average molecular weight is 386 g/mol. The smallest absolute Gasteiger partial charge is 0.252 e. The van der Waals surface area contributed by atoms with Crippen LogP contribution in [0.2, 0.25) is 0 Å². The zero-order valence-corrected chi connectivity index (χ0v) is 15.3. The minimum atomic E-state index is -0.356. The molecular formula is C18H22Cl2FN3O. The summed E-state index contributed by atoms with van der Waals surface area (Å²) in [5, 5.41) is 3.60. The fraction of sp³-hybridized carbons (Fsp3) is 0.444. The number of nitrogens with two attached hydrogens (primary N) is 1. The second-order valence-electron chi connectivity index (χ2n) is 6.68. The Morgan fingerprint density at radius 3 is 2.56 bits per heavy atom. The van der Waals surface area contributed by atoms with E-state index in [0.29, 0.717) is 34.8 Å². The summed E-state index contributed by atoms with van der Waals surface area (Å²) in [4.78, 5) is 17.3. The van der Waals surface area contributed by atoms with Crippen molar-refractivity contribution < 1.29 is 9.18 Å². The molecule has 2 fully saturated rings. The summed E-state index contributed by atoms with van der Waals surface area (Å²) in [5.74, 6) is 0.388. The number of hydrogen-bond acceptors (Lipinski definition) is 3. The van der Waals surface area contributed by atoms with Crippen LogP contribution in [0.25, 0.3) is 10.9 Å². The monoisotopic (exact) mass is 385 g/mol. The van der Waals surface area contributed by atoms with Crippen molar-refractivity contribution in [1.29, 1.82) is 0 Å². The standard InChI is InChI=1S/C18H20FN3O.2ClH/c19-12-5-6-15-13(7-12)14(8-16(21-15)10-1-2-10)18(23)22-17(9-20)11-3-4-11;;/h5-8,10-11,17H,1-4,9,20H2,(H,22,23);2*1H. The van der Waals surface area contributed by atoms with Crippen LogP contribution >= 0.6 is 24.8 Å². The number of hydrogen-bond donors (Lipinski definition) is 2. The molecule has 2 saturated carbocycles. The Labute approximate surface area is 158 Å². The van der Waals surface area contributed by atoms with Crippen molar-refractivity contribution >= 4 is 41.6 Å². The molecule has 1 amide bonds. The third-order valence-electron chi connectivity index (χ3n) is 4.79. The minimum Gasteiger partial charge on any atom is -0.348 e. The third-order valence-corrected chi connectivity index (χ3v) is 4.79. The molecule has 1 atom stereocenters. The van der Waals surface area contributed by atoms with Crippen LogP contribution in [0, 0.1) is 11.7 Å². The number of aromatic nitrogens is 1. The number of rotatable bonds is 5. The highest BCUT2D eigenvalue weighted by molar-refractivity contribution is 6.06. The molecule has 136 valence electrons. The Bertz CT molecular complexity index is 778. The molecule has 2 aromatic rings. The first-order valence-electron chi connectivity index (χ1n) is 8.27. The van der Waals surface area contributed by atoms with Gasteiger partial charge in [0.05, 0.1) is 11.1 Å². The second kappa shape index (κ2) is 7.85. The molecule has 2 aliphatic rings. The number of pyridine rings is 1. The molecular weight excluding hydrogens is 364 g/mol. The SMILES string of the molecule is Cl.Cl.NCC(NC(=O)c1cc(C2CC2)nc2ccc(F)cc12)C1CC1. The first-order chi connectivity index (χ1) is 11.2. The Hall–Kier alpha value is -1.43. The van der Waals surface area contributed by atoms with E-state index in [2.05, 4.69) is 10.3 Å². The van der Waals surface area contributed by atoms with Crippen LogP contribution in [0.15, 0.2) is 24.3 Å². The van der Waals surface area contributed by atoms with Crippen LogP contribution < -0.4 is 11.1 Å². The van der Waals surface area contributed by atoms with Gasteiger partial charge in [0.2, 0.25) is 0 Å². The van der Waals surface area contributed by atoms with Crippen LogP contribution in [-0.4, -0.2) is 23.5 Å². The molecule has 7 heteroatoms. The molecule has 0 bridgehead atoms. The van der Waals surface area contributed by atoms with Crippen molar-refractivity contribution in [2.24, 2.45) is 11.7 Å². The van der Waals surface area contributed by atoms with Gasteiger partial charge in [-0.25, -0.2) is 4.39 Å². The first-order valence-corrected chi connectivity index (χ1v) is 8.27. The van der Waals surface area contributed by atoms with Crippen molar-refractivity contribution in [2.75, 3.05) is 6.54 Å². The molecule has 3 N–H and O–H groups in total. The van der Waals surface area contributed by atoms with Crippen molar-refractivity contribution in [1.82, 2.24) is 10.3 Å². The molecule has 4 nitrogen and oxygen atoms in total. The molecule has 0 spiro atoms. The van der Waals surface area contributed by atoms with E-state index in [-0.39, 0.29) is 42.6 Å². The maximum atomic E-state index is 13.6. The van der Waals surface area contributed by atoms with Gasteiger partial charge in [0.1, 0.15) is 5.82 Å². The molecule has 1 aromatic carbocycles. The number of amides is 1. The van der Waals surface area contributed by atoms with E-state index in [1.165, 1.54) is 12.1 Å². The van der Waals surface area contributed by atoms with E-state index in [4.69, 9.17) is 5.73 Å². The van der Waals surface area contributed by atoms with Crippen LogP contribution in [0.1, 0.15) is 47.7 Å². The predicted octanol–water partition coefficient (Wildman–Crippen LogP) is 3.56. The normalized spacial score (nSPS) is 17.4. The number of nitrogens with zero attached hydrogens (tertiary/aromatic N) is 1. The highest BCUT2D eigenvalue weighted by Gasteiger charge is 2.32. The van der Waals surface area contributed by atoms with Crippen molar-refractivity contribution in [3.05, 3.63) is 41.3 Å². The number of carbonyl (C=O) groups excluding carboxylic acids is 1. The van der Waals surface area contributed by atoms with Gasteiger partial charge >= 0.3 is 0 Å². The van der Waals surface area contributed by atoms with Gasteiger partial charge in [-0.2, -0.15) is 0 Å². The quantitative estimate of drug-likeness (QED) is 0.826. The fourth-order valence-corrected chi connectivity index (χ4v) is 3.11. The van der Waals surface area contributed by atoms with E-state index < -0.39 is 0 Å². The summed E-state index contributed by atoms with van der Waals surface area (Å²) in [5.41, 5.74) is 7.90. The number of carbonyl (C=O) groups is 1. The minimum absolute atomic E-state index is 0. The van der Waals surface area contributed by atoms with Crippen LogP contribution in [0.3, 0.4) is 0 Å². The summed E-state index contributed by atoms with van der Waals surface area (Å²) < 4.78 is 13.6. The zero-order valence-electron chi connectivity index (χ0n) is 13.7. The summed E-state index contributed by atoms with van der Waals surface area (Å²) in [7, 11) is 0. The van der Waals surface area contributed by atoms with Gasteiger partial charge in [-0.15, -0.1) is 24.8 Å². The molecule has 25 heavy (non-hydrogen) atoms. The van der Waals surface area contributed by atoms with Crippen LogP contribution in [0.4, 0.5) is 4.39 Å². The molecule has 1 unspecified atom stereocenters. The Kier molecular flexibility index (Phi) is 6.25. The van der Waals surface area contributed by atoms with Gasteiger partial charge in [0, 0.05) is 29.6 Å². The van der Waals surface area contributed by atoms with Gasteiger partial charge in [-0.1, -0.05) is 0 Å². The largest absolute Gasteiger partial charge is 0.348 e. The van der Waals surface area contributed by atoms with Gasteiger partial charge in [0.25, 0.3) is 5.91 Å². The second-order valence-corrected chi connectivity index (χ2v) is 6.68. The Morgan fingerprint density at radius 2 is 1.96 bits per heavy atom. The van der Waals surface area contributed by atoms with Gasteiger partial charge in [-0.05, 0) is 55.9 Å². The van der Waals surface area contributed by atoms with E-state index in [1.54, 1.807) is 6.07 Å². The van der Waals surface area contributed by atoms with Gasteiger partial charge in [0.15, 0.2) is 0 Å². The van der Waals surface area contributed by atoms with Gasteiger partial charge < -0.3 is 11.1 Å². The molecule has 1 heterocycles. The lowest BCUT2D eigenvalue weighted by molar-refractivity contribution is 0.0935. The van der Waals surface area contributed by atoms with E-state index >= 15 is 0 Å². The predicted molar refractivity (Wildman–Crippen MR) is 101 cm³/mol. The molecule has 1 aromatic heterocycles. The lowest BCUT2D eigenvalue weighted by atomic mass is 10.0. The van der Waals surface area contributed by atoms with Crippen molar-refractivity contribution in [3.8, 4) is 0 Å². The highest BCUT2D eigenvalue weighted by atomic mass is 35.5. The van der Waals surface area contributed by atoms with E-state index in [1.807, 2.05) is 6.07 Å². The number of fused-ring (bicyclic) bond motifs is 1. The van der Waals surface area contributed by atoms with Crippen LogP contribution in [0.5, 0.6) is 0 Å². The zero-order chi connectivity index (χ0) is 16.0. The summed E-state index contributed by atoms with van der Waals surface area (Å²) in [6.07, 6.45) is 4.44.